The summed E-state index contributed by atoms with van der Waals surface area (Å²) in [5.41, 5.74) is 2.74. The number of tetrazole rings is 1. The number of hydrogen-bond donors (Lipinski definition) is 2. The summed E-state index contributed by atoms with van der Waals surface area (Å²) in [5.74, 6) is 1.46. The SMILES string of the molecule is Cc1ccc(-c2cnc3c(-n4nnnc4C4CCC4)cc(C(=O)N[C@@H](C)c4nnc[nH]4)cn23)s1. The van der Waals surface area contributed by atoms with Gasteiger partial charge in [0.1, 0.15) is 12.0 Å². The van der Waals surface area contributed by atoms with Crippen molar-refractivity contribution in [3.05, 3.63) is 59.0 Å². The Labute approximate surface area is 198 Å². The van der Waals surface area contributed by atoms with E-state index in [1.807, 2.05) is 23.7 Å². The maximum absolute atomic E-state index is 13.3. The minimum absolute atomic E-state index is 0.243. The molecule has 0 radical (unpaired) electrons. The Morgan fingerprint density at radius 2 is 2.18 bits per heavy atom. The fraction of sp³-hybridized carbons (Fsp3) is 0.318. The van der Waals surface area contributed by atoms with Crippen LogP contribution < -0.4 is 5.32 Å². The highest BCUT2D eigenvalue weighted by molar-refractivity contribution is 7.15. The minimum Gasteiger partial charge on any atom is -0.342 e. The first-order valence-corrected chi connectivity index (χ1v) is 11.9. The molecule has 0 aromatic carbocycles. The number of aryl methyl sites for hydroxylation is 1. The molecule has 0 aliphatic heterocycles. The Bertz CT molecular complexity index is 1480. The minimum atomic E-state index is -0.338. The molecule has 6 rings (SSSR count). The van der Waals surface area contributed by atoms with Crippen LogP contribution >= 0.6 is 11.3 Å². The van der Waals surface area contributed by atoms with Crippen molar-refractivity contribution >= 4 is 22.9 Å². The van der Waals surface area contributed by atoms with Crippen LogP contribution in [0.15, 0.2) is 36.9 Å². The maximum Gasteiger partial charge on any atom is 0.253 e. The van der Waals surface area contributed by atoms with E-state index in [1.165, 1.54) is 17.6 Å². The van der Waals surface area contributed by atoms with Gasteiger partial charge < -0.3 is 10.3 Å². The van der Waals surface area contributed by atoms with Crippen molar-refractivity contribution in [3.8, 4) is 16.3 Å². The van der Waals surface area contributed by atoms with Crippen molar-refractivity contribution in [2.24, 2.45) is 0 Å². The summed E-state index contributed by atoms with van der Waals surface area (Å²) in [6.07, 6.45) is 8.41. The van der Waals surface area contributed by atoms with E-state index in [0.717, 1.165) is 29.2 Å². The molecule has 1 saturated carbocycles. The van der Waals surface area contributed by atoms with Crippen molar-refractivity contribution in [2.75, 3.05) is 0 Å². The van der Waals surface area contributed by atoms with Crippen LogP contribution in [0, 0.1) is 6.92 Å². The molecule has 5 aromatic heterocycles. The highest BCUT2D eigenvalue weighted by Gasteiger charge is 2.28. The zero-order chi connectivity index (χ0) is 23.2. The molecule has 1 aliphatic carbocycles. The number of fused-ring (bicyclic) bond motifs is 1. The number of aromatic nitrogens is 9. The molecular weight excluding hydrogens is 452 g/mol. The summed E-state index contributed by atoms with van der Waals surface area (Å²) >= 11 is 1.68. The lowest BCUT2D eigenvalue weighted by molar-refractivity contribution is 0.0938. The second kappa shape index (κ2) is 8.13. The second-order valence-electron chi connectivity index (χ2n) is 8.51. The lowest BCUT2D eigenvalue weighted by Gasteiger charge is -2.24. The Hall–Kier alpha value is -3.93. The van der Waals surface area contributed by atoms with Gasteiger partial charge in [0.25, 0.3) is 5.91 Å². The first-order valence-electron chi connectivity index (χ1n) is 11.1. The number of pyridine rings is 1. The topological polar surface area (TPSA) is 132 Å². The summed E-state index contributed by atoms with van der Waals surface area (Å²) < 4.78 is 3.67. The van der Waals surface area contributed by atoms with Crippen LogP contribution in [0.2, 0.25) is 0 Å². The quantitative estimate of drug-likeness (QED) is 0.386. The van der Waals surface area contributed by atoms with Gasteiger partial charge in [0, 0.05) is 17.0 Å². The number of carbonyl (C=O) groups is 1. The van der Waals surface area contributed by atoms with Gasteiger partial charge in [0.05, 0.1) is 28.4 Å². The van der Waals surface area contributed by atoms with E-state index in [9.17, 15) is 4.79 Å². The molecule has 1 aliphatic rings. The third-order valence-electron chi connectivity index (χ3n) is 6.23. The van der Waals surface area contributed by atoms with Crippen molar-refractivity contribution in [2.45, 2.75) is 45.1 Å². The van der Waals surface area contributed by atoms with E-state index in [2.05, 4.69) is 55.1 Å². The van der Waals surface area contributed by atoms with Gasteiger partial charge in [-0.15, -0.1) is 26.6 Å². The smallest absolute Gasteiger partial charge is 0.253 e. The lowest BCUT2D eigenvalue weighted by Crippen LogP contribution is -2.28. The van der Waals surface area contributed by atoms with Gasteiger partial charge in [-0.25, -0.2) is 4.98 Å². The zero-order valence-electron chi connectivity index (χ0n) is 18.6. The third kappa shape index (κ3) is 3.46. The Morgan fingerprint density at radius 3 is 2.88 bits per heavy atom. The van der Waals surface area contributed by atoms with E-state index < -0.39 is 0 Å². The first-order chi connectivity index (χ1) is 16.6. The van der Waals surface area contributed by atoms with Gasteiger partial charge in [-0.2, -0.15) is 4.68 Å². The van der Waals surface area contributed by atoms with Gasteiger partial charge in [-0.1, -0.05) is 6.42 Å². The molecule has 0 saturated heterocycles. The molecule has 1 fully saturated rings. The Kier molecular flexibility index (Phi) is 4.94. The summed E-state index contributed by atoms with van der Waals surface area (Å²) in [4.78, 5) is 23.2. The highest BCUT2D eigenvalue weighted by Crippen LogP contribution is 2.36. The monoisotopic (exact) mass is 474 g/mol. The molecule has 0 unspecified atom stereocenters. The van der Waals surface area contributed by atoms with Crippen LogP contribution in [0.5, 0.6) is 0 Å². The fourth-order valence-corrected chi connectivity index (χ4v) is 5.04. The number of nitrogens with one attached hydrogen (secondary N) is 2. The summed E-state index contributed by atoms with van der Waals surface area (Å²) in [6.45, 7) is 3.92. The number of aromatic amines is 1. The number of carbonyl (C=O) groups excluding carboxylic acids is 1. The number of imidazole rings is 1. The molecule has 34 heavy (non-hydrogen) atoms. The van der Waals surface area contributed by atoms with Crippen LogP contribution in [0.25, 0.3) is 21.9 Å². The standard InChI is InChI=1S/C22H22N10OS/c1-12-6-7-18(34-12)17-9-23-21-16(32-20(28-29-30-32)14-4-3-5-14)8-15(10-31(17)21)22(33)26-13(2)19-24-11-25-27-19/h6-11,13-14H,3-5H2,1-2H3,(H,26,33)(H,24,25,27)/t13-/m0/s1. The van der Waals surface area contributed by atoms with Gasteiger partial charge in [0.15, 0.2) is 17.3 Å². The second-order valence-corrected chi connectivity index (χ2v) is 9.80. The largest absolute Gasteiger partial charge is 0.342 e. The number of rotatable bonds is 6. The van der Waals surface area contributed by atoms with Gasteiger partial charge in [-0.05, 0) is 55.3 Å². The molecule has 5 aromatic rings. The molecule has 2 N–H and O–H groups in total. The van der Waals surface area contributed by atoms with E-state index >= 15 is 0 Å². The number of hydrogen-bond acceptors (Lipinski definition) is 8. The average Bonchev–Trinajstić information content (AvgIpc) is 3.58. The summed E-state index contributed by atoms with van der Waals surface area (Å²) in [7, 11) is 0. The van der Waals surface area contributed by atoms with Crippen molar-refractivity contribution < 1.29 is 4.79 Å². The van der Waals surface area contributed by atoms with E-state index in [-0.39, 0.29) is 11.9 Å². The van der Waals surface area contributed by atoms with Crippen LogP contribution in [-0.4, -0.2) is 50.7 Å². The maximum atomic E-state index is 13.3. The van der Waals surface area contributed by atoms with E-state index in [4.69, 9.17) is 4.98 Å². The lowest BCUT2D eigenvalue weighted by atomic mass is 9.85. The molecular formula is C22H22N10OS. The molecule has 1 amide bonds. The van der Waals surface area contributed by atoms with Crippen LogP contribution in [0.4, 0.5) is 0 Å². The molecule has 172 valence electrons. The van der Waals surface area contributed by atoms with Crippen molar-refractivity contribution in [3.63, 3.8) is 0 Å². The summed E-state index contributed by atoms with van der Waals surface area (Å²) in [6, 6.07) is 5.60. The Balaban J connectivity index is 1.48. The molecule has 12 heteroatoms. The number of thiophene rings is 1. The van der Waals surface area contributed by atoms with Crippen molar-refractivity contribution in [1.29, 1.82) is 0 Å². The number of amides is 1. The normalized spacial score (nSPS) is 14.9. The van der Waals surface area contributed by atoms with Gasteiger partial charge >= 0.3 is 0 Å². The van der Waals surface area contributed by atoms with Gasteiger partial charge in [0.2, 0.25) is 0 Å². The third-order valence-corrected chi connectivity index (χ3v) is 7.25. The number of H-pyrrole nitrogens is 1. The van der Waals surface area contributed by atoms with Gasteiger partial charge in [-0.3, -0.25) is 9.20 Å². The first kappa shape index (κ1) is 20.7. The molecule has 0 spiro atoms. The highest BCUT2D eigenvalue weighted by atomic mass is 32.1. The van der Waals surface area contributed by atoms with E-state index in [0.29, 0.717) is 28.6 Å². The van der Waals surface area contributed by atoms with Crippen molar-refractivity contribution in [1.82, 2.24) is 50.1 Å². The number of nitrogens with zero attached hydrogens (tertiary/aromatic N) is 8. The van der Waals surface area contributed by atoms with Crippen LogP contribution in [-0.2, 0) is 0 Å². The zero-order valence-corrected chi connectivity index (χ0v) is 19.5. The Morgan fingerprint density at radius 1 is 1.29 bits per heavy atom. The molecule has 0 bridgehead atoms. The molecule has 11 nitrogen and oxygen atoms in total. The fourth-order valence-electron chi connectivity index (χ4n) is 4.17. The average molecular weight is 475 g/mol. The predicted molar refractivity (Wildman–Crippen MR) is 125 cm³/mol. The van der Waals surface area contributed by atoms with E-state index in [1.54, 1.807) is 22.1 Å². The van der Waals surface area contributed by atoms with Crippen LogP contribution in [0.3, 0.4) is 0 Å². The molecule has 1 atom stereocenters. The molecule has 5 heterocycles. The van der Waals surface area contributed by atoms with Crippen LogP contribution in [0.1, 0.15) is 65.0 Å². The summed E-state index contributed by atoms with van der Waals surface area (Å²) in [5, 5.41) is 23.3. The predicted octanol–water partition coefficient (Wildman–Crippen LogP) is 3.22.